The van der Waals surface area contributed by atoms with Crippen molar-refractivity contribution in [3.63, 3.8) is 0 Å². The minimum Gasteiger partial charge on any atom is -0.342 e. The van der Waals surface area contributed by atoms with Crippen LogP contribution in [-0.2, 0) is 6.42 Å². The number of rotatable bonds is 4. The molecule has 3 nitrogen and oxygen atoms in total. The van der Waals surface area contributed by atoms with Crippen LogP contribution in [0, 0.1) is 20.8 Å². The molecule has 0 amide bonds. The van der Waals surface area contributed by atoms with Crippen LogP contribution in [-0.4, -0.2) is 22.1 Å². The highest BCUT2D eigenvalue weighted by Crippen LogP contribution is 2.25. The molecule has 0 saturated carbocycles. The Morgan fingerprint density at radius 2 is 1.71 bits per heavy atom. The van der Waals surface area contributed by atoms with E-state index in [4.69, 9.17) is 0 Å². The van der Waals surface area contributed by atoms with E-state index in [1.165, 1.54) is 22.3 Å². The molecule has 0 unspecified atom stereocenters. The van der Waals surface area contributed by atoms with Crippen LogP contribution in [0.5, 0.6) is 0 Å². The Morgan fingerprint density at radius 1 is 1.05 bits per heavy atom. The van der Waals surface area contributed by atoms with Crippen LogP contribution >= 0.6 is 0 Å². The van der Waals surface area contributed by atoms with Crippen molar-refractivity contribution in [2.24, 2.45) is 0 Å². The van der Waals surface area contributed by atoms with Gasteiger partial charge in [-0.25, -0.2) is 4.98 Å². The van der Waals surface area contributed by atoms with Gasteiger partial charge in [0.2, 0.25) is 0 Å². The molecule has 0 saturated heterocycles. The molecule has 0 spiro atoms. The fraction of sp³-hybridized carbons (Fsp3) is 0.500. The SMILES string of the molecule is Cc1cc(C)c(-c2cnc(CCNC(C)(C)C)[nH]2)cc1C. The van der Waals surface area contributed by atoms with E-state index in [9.17, 15) is 0 Å². The van der Waals surface area contributed by atoms with E-state index in [1.807, 2.05) is 6.20 Å². The Bertz CT molecular complexity index is 618. The van der Waals surface area contributed by atoms with Gasteiger partial charge in [-0.3, -0.25) is 0 Å². The number of aromatic nitrogens is 2. The molecule has 0 fully saturated rings. The summed E-state index contributed by atoms with van der Waals surface area (Å²) in [6, 6.07) is 4.49. The third-order valence-corrected chi connectivity index (χ3v) is 3.78. The average molecular weight is 285 g/mol. The molecule has 0 atom stereocenters. The molecule has 21 heavy (non-hydrogen) atoms. The van der Waals surface area contributed by atoms with E-state index in [-0.39, 0.29) is 5.54 Å². The lowest BCUT2D eigenvalue weighted by molar-refractivity contribution is 0.427. The number of hydrogen-bond donors (Lipinski definition) is 2. The smallest absolute Gasteiger partial charge is 0.107 e. The van der Waals surface area contributed by atoms with Crippen LogP contribution in [0.3, 0.4) is 0 Å². The lowest BCUT2D eigenvalue weighted by atomic mass is 9.99. The highest BCUT2D eigenvalue weighted by atomic mass is 15.0. The van der Waals surface area contributed by atoms with E-state index in [0.29, 0.717) is 0 Å². The maximum absolute atomic E-state index is 4.51. The number of aromatic amines is 1. The molecule has 2 rings (SSSR count). The van der Waals surface area contributed by atoms with Gasteiger partial charge in [0, 0.05) is 24.1 Å². The Labute approximate surface area is 128 Å². The molecule has 2 N–H and O–H groups in total. The largest absolute Gasteiger partial charge is 0.342 e. The molecule has 2 aromatic rings. The highest BCUT2D eigenvalue weighted by molar-refractivity contribution is 5.65. The second-order valence-corrected chi connectivity index (χ2v) is 6.92. The number of nitrogens with zero attached hydrogens (tertiary/aromatic N) is 1. The summed E-state index contributed by atoms with van der Waals surface area (Å²) in [6.07, 6.45) is 2.87. The molecule has 0 aliphatic carbocycles. The number of benzene rings is 1. The molecule has 0 aliphatic heterocycles. The molecule has 0 radical (unpaired) electrons. The van der Waals surface area contributed by atoms with Crippen LogP contribution in [0.4, 0.5) is 0 Å². The van der Waals surface area contributed by atoms with Gasteiger partial charge in [-0.05, 0) is 64.3 Å². The van der Waals surface area contributed by atoms with Crippen LogP contribution in [0.15, 0.2) is 18.3 Å². The molecule has 1 heterocycles. The molecule has 1 aromatic heterocycles. The number of aryl methyl sites for hydroxylation is 3. The Morgan fingerprint density at radius 3 is 2.38 bits per heavy atom. The second-order valence-electron chi connectivity index (χ2n) is 6.92. The molecule has 0 aliphatic rings. The number of H-pyrrole nitrogens is 1. The Balaban J connectivity index is 2.11. The summed E-state index contributed by atoms with van der Waals surface area (Å²) in [5, 5.41) is 3.49. The summed E-state index contributed by atoms with van der Waals surface area (Å²) in [6.45, 7) is 13.9. The predicted molar refractivity (Wildman–Crippen MR) is 89.7 cm³/mol. The van der Waals surface area contributed by atoms with Gasteiger partial charge in [-0.15, -0.1) is 0 Å². The quantitative estimate of drug-likeness (QED) is 0.893. The van der Waals surface area contributed by atoms with Crippen LogP contribution < -0.4 is 5.32 Å². The summed E-state index contributed by atoms with van der Waals surface area (Å²) in [5.74, 6) is 1.04. The number of nitrogens with one attached hydrogen (secondary N) is 2. The molecule has 114 valence electrons. The van der Waals surface area contributed by atoms with Crippen molar-refractivity contribution in [2.45, 2.75) is 53.5 Å². The van der Waals surface area contributed by atoms with Crippen molar-refractivity contribution in [3.8, 4) is 11.3 Å². The number of imidazole rings is 1. The van der Waals surface area contributed by atoms with Gasteiger partial charge in [0.05, 0.1) is 11.9 Å². The van der Waals surface area contributed by atoms with E-state index in [0.717, 1.165) is 24.5 Å². The van der Waals surface area contributed by atoms with E-state index in [2.05, 4.69) is 69.0 Å². The fourth-order valence-corrected chi connectivity index (χ4v) is 2.43. The third-order valence-electron chi connectivity index (χ3n) is 3.78. The van der Waals surface area contributed by atoms with Gasteiger partial charge in [-0.1, -0.05) is 6.07 Å². The van der Waals surface area contributed by atoms with Crippen molar-refractivity contribution < 1.29 is 0 Å². The van der Waals surface area contributed by atoms with Crippen molar-refractivity contribution >= 4 is 0 Å². The van der Waals surface area contributed by atoms with Gasteiger partial charge in [0.1, 0.15) is 5.82 Å². The van der Waals surface area contributed by atoms with E-state index >= 15 is 0 Å². The molecule has 1 aromatic carbocycles. The minimum atomic E-state index is 0.153. The normalized spacial score (nSPS) is 11.9. The van der Waals surface area contributed by atoms with Crippen LogP contribution in [0.25, 0.3) is 11.3 Å². The lowest BCUT2D eigenvalue weighted by Crippen LogP contribution is -2.37. The Kier molecular flexibility index (Phi) is 4.52. The zero-order chi connectivity index (χ0) is 15.6. The predicted octanol–water partition coefficient (Wildman–Crippen LogP) is 3.93. The maximum atomic E-state index is 4.51. The van der Waals surface area contributed by atoms with Crippen molar-refractivity contribution in [3.05, 3.63) is 40.8 Å². The second kappa shape index (κ2) is 6.02. The maximum Gasteiger partial charge on any atom is 0.107 e. The van der Waals surface area contributed by atoms with Gasteiger partial charge >= 0.3 is 0 Å². The Hall–Kier alpha value is -1.61. The van der Waals surface area contributed by atoms with Gasteiger partial charge in [0.15, 0.2) is 0 Å². The van der Waals surface area contributed by atoms with Crippen molar-refractivity contribution in [1.29, 1.82) is 0 Å². The average Bonchev–Trinajstić information content (AvgIpc) is 2.81. The van der Waals surface area contributed by atoms with Crippen LogP contribution in [0.1, 0.15) is 43.3 Å². The molecular weight excluding hydrogens is 258 g/mol. The molecule has 0 bridgehead atoms. The van der Waals surface area contributed by atoms with Gasteiger partial charge < -0.3 is 10.3 Å². The first kappa shape index (κ1) is 15.8. The van der Waals surface area contributed by atoms with Crippen molar-refractivity contribution in [2.75, 3.05) is 6.54 Å². The fourth-order valence-electron chi connectivity index (χ4n) is 2.43. The molecular formula is C18H27N3. The summed E-state index contributed by atoms with van der Waals surface area (Å²) in [5.41, 5.74) is 6.47. The summed E-state index contributed by atoms with van der Waals surface area (Å²) in [7, 11) is 0. The lowest BCUT2D eigenvalue weighted by Gasteiger charge is -2.19. The van der Waals surface area contributed by atoms with Crippen molar-refractivity contribution in [1.82, 2.24) is 15.3 Å². The first-order chi connectivity index (χ1) is 9.76. The number of hydrogen-bond acceptors (Lipinski definition) is 2. The monoisotopic (exact) mass is 285 g/mol. The zero-order valence-electron chi connectivity index (χ0n) is 14.1. The first-order valence-electron chi connectivity index (χ1n) is 7.63. The standard InChI is InChI=1S/C18H27N3/c1-12-9-14(3)15(10-13(12)2)16-11-19-17(21-16)7-8-20-18(4,5)6/h9-11,20H,7-8H2,1-6H3,(H,19,21). The van der Waals surface area contributed by atoms with Crippen LogP contribution in [0.2, 0.25) is 0 Å². The van der Waals surface area contributed by atoms with Gasteiger partial charge in [0.25, 0.3) is 0 Å². The zero-order valence-corrected chi connectivity index (χ0v) is 14.1. The topological polar surface area (TPSA) is 40.7 Å². The molecule has 3 heteroatoms. The summed E-state index contributed by atoms with van der Waals surface area (Å²) in [4.78, 5) is 7.96. The highest BCUT2D eigenvalue weighted by Gasteiger charge is 2.10. The summed E-state index contributed by atoms with van der Waals surface area (Å²) < 4.78 is 0. The minimum absolute atomic E-state index is 0.153. The summed E-state index contributed by atoms with van der Waals surface area (Å²) >= 11 is 0. The van der Waals surface area contributed by atoms with E-state index < -0.39 is 0 Å². The third kappa shape index (κ3) is 4.18. The first-order valence-corrected chi connectivity index (χ1v) is 7.63. The van der Waals surface area contributed by atoms with E-state index in [1.54, 1.807) is 0 Å². The van der Waals surface area contributed by atoms with Gasteiger partial charge in [-0.2, -0.15) is 0 Å².